The molecular weight excluding hydrogens is 434 g/mol. The molecule has 180 valence electrons. The second-order valence-electron chi connectivity index (χ2n) is 9.21. The van der Waals surface area contributed by atoms with Gasteiger partial charge >= 0.3 is 0 Å². The zero-order valence-corrected chi connectivity index (χ0v) is 20.3. The van der Waals surface area contributed by atoms with E-state index in [0.717, 1.165) is 62.7 Å². The van der Waals surface area contributed by atoms with E-state index < -0.39 is 0 Å². The highest BCUT2D eigenvalue weighted by Crippen LogP contribution is 2.29. The van der Waals surface area contributed by atoms with Crippen LogP contribution < -0.4 is 10.1 Å². The quantitative estimate of drug-likeness (QED) is 0.355. The van der Waals surface area contributed by atoms with Crippen LogP contribution in [0.1, 0.15) is 40.2 Å². The number of hydrogen-bond donors (Lipinski definition) is 2. The summed E-state index contributed by atoms with van der Waals surface area (Å²) in [5.41, 5.74) is 6.57. The maximum Gasteiger partial charge on any atom is 0.120 e. The second kappa shape index (κ2) is 11.3. The number of pyridine rings is 1. The van der Waals surface area contributed by atoms with Gasteiger partial charge in [-0.15, -0.1) is 0 Å². The van der Waals surface area contributed by atoms with Gasteiger partial charge in [0.2, 0.25) is 0 Å². The molecule has 0 saturated heterocycles. The molecule has 0 saturated carbocycles. The summed E-state index contributed by atoms with van der Waals surface area (Å²) < 4.78 is 5.49. The Morgan fingerprint density at radius 3 is 2.60 bits per heavy atom. The molecule has 2 aromatic carbocycles. The second-order valence-corrected chi connectivity index (χ2v) is 9.21. The maximum atomic E-state index is 5.49. The number of methoxy groups -OCH3 is 1. The predicted molar refractivity (Wildman–Crippen MR) is 138 cm³/mol. The van der Waals surface area contributed by atoms with E-state index in [1.54, 1.807) is 13.3 Å². The number of rotatable bonds is 10. The van der Waals surface area contributed by atoms with Gasteiger partial charge in [0.1, 0.15) is 11.6 Å². The molecule has 1 aliphatic rings. The number of benzene rings is 2. The van der Waals surface area contributed by atoms with E-state index in [9.17, 15) is 0 Å². The van der Waals surface area contributed by atoms with Crippen molar-refractivity contribution in [3.05, 3.63) is 113 Å². The van der Waals surface area contributed by atoms with E-state index in [0.29, 0.717) is 6.04 Å². The van der Waals surface area contributed by atoms with Gasteiger partial charge in [0.15, 0.2) is 0 Å². The third-order valence-corrected chi connectivity index (χ3v) is 6.81. The van der Waals surface area contributed by atoms with Gasteiger partial charge in [0, 0.05) is 44.3 Å². The molecule has 35 heavy (non-hydrogen) atoms. The molecule has 1 atom stereocenters. The number of imidazole rings is 1. The Bertz CT molecular complexity index is 1190. The van der Waals surface area contributed by atoms with Gasteiger partial charge in [-0.2, -0.15) is 0 Å². The van der Waals surface area contributed by atoms with Crippen LogP contribution in [0.15, 0.2) is 79.3 Å². The summed E-state index contributed by atoms with van der Waals surface area (Å²) in [6.45, 7) is 3.30. The van der Waals surface area contributed by atoms with Crippen molar-refractivity contribution >= 4 is 0 Å². The molecule has 2 N–H and O–H groups in total. The molecule has 0 amide bonds. The fourth-order valence-electron chi connectivity index (χ4n) is 4.88. The zero-order valence-electron chi connectivity index (χ0n) is 20.3. The monoisotopic (exact) mass is 467 g/mol. The maximum absolute atomic E-state index is 5.49. The largest absolute Gasteiger partial charge is 0.497 e. The molecule has 6 nitrogen and oxygen atoms in total. The number of fused-ring (bicyclic) bond motifs is 1. The lowest BCUT2D eigenvalue weighted by Crippen LogP contribution is -2.38. The standard InChI is InChI=1S/C29H33N5O/c1-35-28-12-10-24-9-11-27(16-25(24)17-28)34(21-26-4-2-3-13-31-26)20-23-7-5-22(6-8-23)18-30-19-29-32-14-15-33-29/h2-8,10,12-15,17,27,30H,9,11,16,18-21H2,1H3,(H,32,33). The smallest absolute Gasteiger partial charge is 0.120 e. The number of H-pyrrole nitrogens is 1. The lowest BCUT2D eigenvalue weighted by Gasteiger charge is -2.35. The van der Waals surface area contributed by atoms with Crippen LogP contribution >= 0.6 is 0 Å². The molecule has 1 aliphatic carbocycles. The number of ether oxygens (including phenoxy) is 1. The predicted octanol–water partition coefficient (Wildman–Crippen LogP) is 4.66. The van der Waals surface area contributed by atoms with Crippen LogP contribution in [0.4, 0.5) is 0 Å². The van der Waals surface area contributed by atoms with Gasteiger partial charge in [0.05, 0.1) is 19.3 Å². The molecule has 0 aliphatic heterocycles. The van der Waals surface area contributed by atoms with Crippen LogP contribution in [-0.4, -0.2) is 33.0 Å². The minimum Gasteiger partial charge on any atom is -0.497 e. The number of hydrogen-bond acceptors (Lipinski definition) is 5. The Kier molecular flexibility index (Phi) is 7.51. The van der Waals surface area contributed by atoms with Crippen molar-refractivity contribution in [3.8, 4) is 5.75 Å². The summed E-state index contributed by atoms with van der Waals surface area (Å²) in [7, 11) is 1.74. The van der Waals surface area contributed by atoms with Crippen molar-refractivity contribution in [2.75, 3.05) is 7.11 Å². The van der Waals surface area contributed by atoms with E-state index >= 15 is 0 Å². The summed E-state index contributed by atoms with van der Waals surface area (Å²) in [6.07, 6.45) is 8.81. The Labute approximate surface area is 207 Å². The van der Waals surface area contributed by atoms with E-state index in [1.807, 2.05) is 18.5 Å². The molecule has 0 bridgehead atoms. The third kappa shape index (κ3) is 6.15. The average molecular weight is 468 g/mol. The average Bonchev–Trinajstić information content (AvgIpc) is 3.43. The highest BCUT2D eigenvalue weighted by atomic mass is 16.5. The van der Waals surface area contributed by atoms with Crippen LogP contribution in [0.2, 0.25) is 0 Å². The lowest BCUT2D eigenvalue weighted by molar-refractivity contribution is 0.160. The van der Waals surface area contributed by atoms with Crippen LogP contribution in [0.25, 0.3) is 0 Å². The van der Waals surface area contributed by atoms with Crippen LogP contribution in [0.3, 0.4) is 0 Å². The highest BCUT2D eigenvalue weighted by Gasteiger charge is 2.25. The number of aryl methyl sites for hydroxylation is 1. The van der Waals surface area contributed by atoms with Gasteiger partial charge < -0.3 is 15.0 Å². The van der Waals surface area contributed by atoms with Gasteiger partial charge in [-0.05, 0) is 65.8 Å². The first-order valence-corrected chi connectivity index (χ1v) is 12.3. The molecule has 0 radical (unpaired) electrons. The first kappa shape index (κ1) is 23.3. The third-order valence-electron chi connectivity index (χ3n) is 6.81. The molecule has 2 heterocycles. The van der Waals surface area contributed by atoms with Gasteiger partial charge in [0.25, 0.3) is 0 Å². The number of aromatic amines is 1. The molecule has 0 fully saturated rings. The molecule has 4 aromatic rings. The normalized spacial score (nSPS) is 15.2. The van der Waals surface area contributed by atoms with Crippen molar-refractivity contribution in [2.45, 2.75) is 51.5 Å². The summed E-state index contributed by atoms with van der Waals surface area (Å²) in [5, 5.41) is 3.44. The first-order chi connectivity index (χ1) is 17.3. The van der Waals surface area contributed by atoms with Crippen molar-refractivity contribution in [1.29, 1.82) is 0 Å². The summed E-state index contributed by atoms with van der Waals surface area (Å²) >= 11 is 0. The Morgan fingerprint density at radius 1 is 0.943 bits per heavy atom. The van der Waals surface area contributed by atoms with Gasteiger partial charge in [-0.25, -0.2) is 4.98 Å². The minimum absolute atomic E-state index is 0.464. The van der Waals surface area contributed by atoms with Crippen molar-refractivity contribution < 1.29 is 4.74 Å². The fourth-order valence-corrected chi connectivity index (χ4v) is 4.88. The van der Waals surface area contributed by atoms with Crippen LogP contribution in [0, 0.1) is 0 Å². The Morgan fingerprint density at radius 2 is 1.83 bits per heavy atom. The zero-order chi connectivity index (χ0) is 23.9. The van der Waals surface area contributed by atoms with E-state index in [4.69, 9.17) is 4.74 Å². The molecule has 0 spiro atoms. The number of nitrogens with one attached hydrogen (secondary N) is 2. The summed E-state index contributed by atoms with van der Waals surface area (Å²) in [5.74, 6) is 1.90. The lowest BCUT2D eigenvalue weighted by atomic mass is 9.87. The van der Waals surface area contributed by atoms with E-state index in [-0.39, 0.29) is 0 Å². The number of aromatic nitrogens is 3. The van der Waals surface area contributed by atoms with Crippen LogP contribution in [-0.2, 0) is 39.0 Å². The fraction of sp³-hybridized carbons (Fsp3) is 0.310. The van der Waals surface area contributed by atoms with Crippen molar-refractivity contribution in [2.24, 2.45) is 0 Å². The number of nitrogens with zero attached hydrogens (tertiary/aromatic N) is 3. The molecule has 6 heteroatoms. The van der Waals surface area contributed by atoms with Crippen LogP contribution in [0.5, 0.6) is 5.75 Å². The van der Waals surface area contributed by atoms with E-state index in [1.165, 1.54) is 22.3 Å². The molecule has 2 aromatic heterocycles. The Balaban J connectivity index is 1.27. The summed E-state index contributed by atoms with van der Waals surface area (Å²) in [4.78, 5) is 14.6. The topological polar surface area (TPSA) is 66.1 Å². The van der Waals surface area contributed by atoms with E-state index in [2.05, 4.69) is 79.8 Å². The van der Waals surface area contributed by atoms with Crippen molar-refractivity contribution in [3.63, 3.8) is 0 Å². The first-order valence-electron chi connectivity index (χ1n) is 12.3. The summed E-state index contributed by atoms with van der Waals surface area (Å²) in [6, 6.07) is 22.1. The molecule has 1 unspecified atom stereocenters. The van der Waals surface area contributed by atoms with Gasteiger partial charge in [-0.1, -0.05) is 36.4 Å². The van der Waals surface area contributed by atoms with Crippen molar-refractivity contribution in [1.82, 2.24) is 25.2 Å². The SMILES string of the molecule is COc1ccc2c(c1)CC(N(Cc1ccc(CNCc3ncc[nH]3)cc1)Cc1ccccn1)CC2. The minimum atomic E-state index is 0.464. The highest BCUT2D eigenvalue weighted by molar-refractivity contribution is 5.38. The molecule has 5 rings (SSSR count). The molecular formula is C29H33N5O. The van der Waals surface area contributed by atoms with Gasteiger partial charge in [-0.3, -0.25) is 9.88 Å². The Hall–Kier alpha value is -3.48.